The highest BCUT2D eigenvalue weighted by Gasteiger charge is 2.05. The van der Waals surface area contributed by atoms with Gasteiger partial charge in [0.25, 0.3) is 0 Å². The summed E-state index contributed by atoms with van der Waals surface area (Å²) in [6.07, 6.45) is 1.05. The molecule has 86 valence electrons. The SMILES string of the molecule is N=Cc1cc(-c2ccc(O)c(O)c2)ccc1O. The molecule has 17 heavy (non-hydrogen) atoms. The zero-order chi connectivity index (χ0) is 12.4. The molecule has 2 rings (SSSR count). The van der Waals surface area contributed by atoms with Crippen LogP contribution in [0.15, 0.2) is 36.4 Å². The molecule has 2 aromatic rings. The molecule has 0 fully saturated rings. The second-order valence-corrected chi connectivity index (χ2v) is 3.62. The van der Waals surface area contributed by atoms with Crippen LogP contribution in [0.25, 0.3) is 11.1 Å². The van der Waals surface area contributed by atoms with E-state index >= 15 is 0 Å². The van der Waals surface area contributed by atoms with Crippen molar-refractivity contribution < 1.29 is 15.3 Å². The zero-order valence-corrected chi connectivity index (χ0v) is 8.88. The molecule has 4 nitrogen and oxygen atoms in total. The molecule has 4 heteroatoms. The number of rotatable bonds is 2. The van der Waals surface area contributed by atoms with E-state index in [0.29, 0.717) is 11.1 Å². The van der Waals surface area contributed by atoms with Crippen molar-refractivity contribution in [2.45, 2.75) is 0 Å². The number of hydrogen-bond acceptors (Lipinski definition) is 4. The van der Waals surface area contributed by atoms with E-state index < -0.39 is 0 Å². The van der Waals surface area contributed by atoms with Gasteiger partial charge in [0.15, 0.2) is 11.5 Å². The van der Waals surface area contributed by atoms with Crippen molar-refractivity contribution in [2.75, 3.05) is 0 Å². The van der Waals surface area contributed by atoms with Crippen LogP contribution in [0.2, 0.25) is 0 Å². The summed E-state index contributed by atoms with van der Waals surface area (Å²) in [6.45, 7) is 0. The van der Waals surface area contributed by atoms with Crippen molar-refractivity contribution in [2.24, 2.45) is 0 Å². The van der Waals surface area contributed by atoms with Gasteiger partial charge in [0.2, 0.25) is 0 Å². The average Bonchev–Trinajstić information content (AvgIpc) is 2.33. The molecule has 0 aliphatic carbocycles. The standard InChI is InChI=1S/C13H11NO3/c14-7-10-5-8(1-3-11(10)15)9-2-4-12(16)13(17)6-9/h1-7,14-17H. The summed E-state index contributed by atoms with van der Waals surface area (Å²) in [7, 11) is 0. The predicted octanol–water partition coefficient (Wildman–Crippen LogP) is 2.47. The van der Waals surface area contributed by atoms with E-state index in [1.54, 1.807) is 18.2 Å². The van der Waals surface area contributed by atoms with Crippen molar-refractivity contribution in [1.29, 1.82) is 5.41 Å². The summed E-state index contributed by atoms with van der Waals surface area (Å²) < 4.78 is 0. The zero-order valence-electron chi connectivity index (χ0n) is 8.88. The van der Waals surface area contributed by atoms with E-state index in [4.69, 9.17) is 5.41 Å². The van der Waals surface area contributed by atoms with Crippen molar-refractivity contribution in [3.05, 3.63) is 42.0 Å². The number of phenols is 3. The van der Waals surface area contributed by atoms with Gasteiger partial charge in [-0.05, 0) is 35.4 Å². The molecule has 4 N–H and O–H groups in total. The Labute approximate surface area is 97.9 Å². The number of phenolic OH excluding ortho intramolecular Hbond substituents is 3. The number of aromatic hydroxyl groups is 3. The lowest BCUT2D eigenvalue weighted by molar-refractivity contribution is 0.404. The molecule has 0 saturated carbocycles. The van der Waals surface area contributed by atoms with Crippen LogP contribution in [0.5, 0.6) is 17.2 Å². The highest BCUT2D eigenvalue weighted by Crippen LogP contribution is 2.31. The highest BCUT2D eigenvalue weighted by molar-refractivity contribution is 5.84. The minimum Gasteiger partial charge on any atom is -0.507 e. The Bertz CT molecular complexity index is 579. The van der Waals surface area contributed by atoms with Gasteiger partial charge in [-0.25, -0.2) is 0 Å². The molecule has 0 atom stereocenters. The molecular formula is C13H11NO3. The quantitative estimate of drug-likeness (QED) is 0.471. The molecular weight excluding hydrogens is 218 g/mol. The number of hydrogen-bond donors (Lipinski definition) is 4. The summed E-state index contributed by atoms with van der Waals surface area (Å²) in [6, 6.07) is 9.26. The lowest BCUT2D eigenvalue weighted by Gasteiger charge is -2.06. The van der Waals surface area contributed by atoms with Crippen LogP contribution in [-0.2, 0) is 0 Å². The normalized spacial score (nSPS) is 10.1. The van der Waals surface area contributed by atoms with Gasteiger partial charge >= 0.3 is 0 Å². The maximum atomic E-state index is 9.44. The molecule has 0 unspecified atom stereocenters. The van der Waals surface area contributed by atoms with Gasteiger partial charge in [0.05, 0.1) is 0 Å². The van der Waals surface area contributed by atoms with Crippen LogP contribution >= 0.6 is 0 Å². The highest BCUT2D eigenvalue weighted by atomic mass is 16.3. The summed E-state index contributed by atoms with van der Waals surface area (Å²) in [5.41, 5.74) is 1.84. The maximum Gasteiger partial charge on any atom is 0.158 e. The lowest BCUT2D eigenvalue weighted by atomic mass is 10.0. The second-order valence-electron chi connectivity index (χ2n) is 3.62. The second kappa shape index (κ2) is 4.17. The fraction of sp³-hybridized carbons (Fsp3) is 0. The molecule has 0 spiro atoms. The Morgan fingerprint density at radius 1 is 0.765 bits per heavy atom. The Balaban J connectivity index is 2.52. The summed E-state index contributed by atoms with van der Waals surface area (Å²) >= 11 is 0. The van der Waals surface area contributed by atoms with Crippen LogP contribution in [0.3, 0.4) is 0 Å². The Hall–Kier alpha value is -2.49. The van der Waals surface area contributed by atoms with E-state index in [0.717, 1.165) is 11.8 Å². The van der Waals surface area contributed by atoms with Gasteiger partial charge in [-0.3, -0.25) is 0 Å². The third kappa shape index (κ3) is 2.06. The van der Waals surface area contributed by atoms with E-state index in [-0.39, 0.29) is 17.2 Å². The van der Waals surface area contributed by atoms with Crippen LogP contribution in [0.1, 0.15) is 5.56 Å². The van der Waals surface area contributed by atoms with Crippen molar-refractivity contribution in [1.82, 2.24) is 0 Å². The largest absolute Gasteiger partial charge is 0.507 e. The van der Waals surface area contributed by atoms with Crippen molar-refractivity contribution >= 4 is 6.21 Å². The first kappa shape index (κ1) is 11.0. The molecule has 0 amide bonds. The molecule has 0 heterocycles. The van der Waals surface area contributed by atoms with Gasteiger partial charge < -0.3 is 20.7 Å². The number of nitrogens with one attached hydrogen (secondary N) is 1. The summed E-state index contributed by atoms with van der Waals surface area (Å²) in [5, 5.41) is 35.2. The minimum atomic E-state index is -0.202. The smallest absolute Gasteiger partial charge is 0.158 e. The van der Waals surface area contributed by atoms with Gasteiger partial charge in [0.1, 0.15) is 5.75 Å². The lowest BCUT2D eigenvalue weighted by Crippen LogP contribution is -1.84. The van der Waals surface area contributed by atoms with Crippen LogP contribution in [0, 0.1) is 5.41 Å². The first-order valence-electron chi connectivity index (χ1n) is 4.97. The predicted molar refractivity (Wildman–Crippen MR) is 64.8 cm³/mol. The van der Waals surface area contributed by atoms with Gasteiger partial charge in [0, 0.05) is 11.8 Å². The van der Waals surface area contributed by atoms with Gasteiger partial charge in [-0.15, -0.1) is 0 Å². The molecule has 2 aromatic carbocycles. The van der Waals surface area contributed by atoms with E-state index in [1.165, 1.54) is 18.2 Å². The third-order valence-electron chi connectivity index (χ3n) is 2.49. The molecule has 0 aliphatic heterocycles. The molecule has 0 bridgehead atoms. The van der Waals surface area contributed by atoms with Crippen molar-refractivity contribution in [3.8, 4) is 28.4 Å². The molecule has 0 aliphatic rings. The summed E-state index contributed by atoms with van der Waals surface area (Å²) in [5.74, 6) is -0.349. The Kier molecular flexibility index (Phi) is 2.70. The van der Waals surface area contributed by atoms with E-state index in [9.17, 15) is 15.3 Å². The fourth-order valence-electron chi connectivity index (χ4n) is 1.55. The Morgan fingerprint density at radius 3 is 1.94 bits per heavy atom. The fourth-order valence-corrected chi connectivity index (χ4v) is 1.55. The number of benzene rings is 2. The van der Waals surface area contributed by atoms with Gasteiger partial charge in [-0.1, -0.05) is 12.1 Å². The van der Waals surface area contributed by atoms with Crippen LogP contribution in [-0.4, -0.2) is 21.5 Å². The molecule has 0 saturated heterocycles. The van der Waals surface area contributed by atoms with Crippen molar-refractivity contribution in [3.63, 3.8) is 0 Å². The first-order valence-corrected chi connectivity index (χ1v) is 4.97. The Morgan fingerprint density at radius 2 is 1.35 bits per heavy atom. The maximum absolute atomic E-state index is 9.44. The molecule has 0 aromatic heterocycles. The average molecular weight is 229 g/mol. The molecule has 0 radical (unpaired) electrons. The topological polar surface area (TPSA) is 84.5 Å². The van der Waals surface area contributed by atoms with E-state index in [2.05, 4.69) is 0 Å². The van der Waals surface area contributed by atoms with Gasteiger partial charge in [-0.2, -0.15) is 0 Å². The minimum absolute atomic E-state index is 0.0340. The van der Waals surface area contributed by atoms with Crippen LogP contribution in [0.4, 0.5) is 0 Å². The van der Waals surface area contributed by atoms with E-state index in [1.807, 2.05) is 0 Å². The summed E-state index contributed by atoms with van der Waals surface area (Å²) in [4.78, 5) is 0. The third-order valence-corrected chi connectivity index (χ3v) is 2.49. The first-order chi connectivity index (χ1) is 8.11. The monoisotopic (exact) mass is 229 g/mol. The van der Waals surface area contributed by atoms with Crippen LogP contribution < -0.4 is 0 Å².